The number of aromatic carboxylic acids is 1. The predicted molar refractivity (Wildman–Crippen MR) is 71.1 cm³/mol. The molecule has 0 aliphatic carbocycles. The van der Waals surface area contributed by atoms with E-state index in [1.54, 1.807) is 0 Å². The van der Waals surface area contributed by atoms with Gasteiger partial charge in [-0.15, -0.1) is 0 Å². The molecule has 0 bridgehead atoms. The zero-order valence-corrected chi connectivity index (χ0v) is 12.2. The lowest BCUT2D eigenvalue weighted by Gasteiger charge is -2.07. The fourth-order valence-electron chi connectivity index (χ4n) is 1.85. The fraction of sp³-hybridized carbons (Fsp3) is 0.455. The van der Waals surface area contributed by atoms with E-state index in [1.807, 2.05) is 0 Å². The van der Waals surface area contributed by atoms with Gasteiger partial charge in [0.15, 0.2) is 0 Å². The summed E-state index contributed by atoms with van der Waals surface area (Å²) in [5, 5.41) is 11.4. The minimum absolute atomic E-state index is 0.0222. The number of nitrogens with one attached hydrogen (secondary N) is 3. The zero-order chi connectivity index (χ0) is 15.5. The Morgan fingerprint density at radius 3 is 2.30 bits per heavy atom. The summed E-state index contributed by atoms with van der Waals surface area (Å²) in [5.74, 6) is -1.48. The van der Waals surface area contributed by atoms with Crippen molar-refractivity contribution in [2.75, 3.05) is 13.1 Å². The molecule has 1 amide bonds. The quantitative estimate of drug-likeness (QED) is 0.538. The summed E-state index contributed by atoms with van der Waals surface area (Å²) in [4.78, 5) is 24.1. The number of carboxylic acid groups (broad SMARTS) is 1. The highest BCUT2D eigenvalue weighted by Gasteiger charge is 2.25. The number of aryl methyl sites for hydroxylation is 1. The largest absolute Gasteiger partial charge is 0.477 e. The highest BCUT2D eigenvalue weighted by Crippen LogP contribution is 2.22. The number of aromatic nitrogens is 1. The van der Waals surface area contributed by atoms with Crippen molar-refractivity contribution in [3.8, 4) is 0 Å². The predicted octanol–water partition coefficient (Wildman–Crippen LogP) is -0.256. The number of aromatic amines is 1. The average Bonchev–Trinajstić information content (AvgIpc) is 2.61. The van der Waals surface area contributed by atoms with Gasteiger partial charge in [0.1, 0.15) is 10.6 Å². The summed E-state index contributed by atoms with van der Waals surface area (Å²) in [6.45, 7) is 4.42. The lowest BCUT2D eigenvalue weighted by molar-refractivity contribution is -0.118. The van der Waals surface area contributed by atoms with Gasteiger partial charge in [0.25, 0.3) is 0 Å². The molecule has 0 spiro atoms. The number of hydrogen-bond acceptors (Lipinski definition) is 4. The van der Waals surface area contributed by atoms with Gasteiger partial charge >= 0.3 is 5.97 Å². The van der Waals surface area contributed by atoms with Crippen LogP contribution in [0.5, 0.6) is 0 Å². The molecule has 112 valence electrons. The Balaban J connectivity index is 2.93. The van der Waals surface area contributed by atoms with Crippen molar-refractivity contribution in [2.24, 2.45) is 0 Å². The highest BCUT2D eigenvalue weighted by molar-refractivity contribution is 7.89. The number of sulfonamides is 1. The minimum atomic E-state index is -3.83. The van der Waals surface area contributed by atoms with Crippen LogP contribution in [0.2, 0.25) is 0 Å². The molecule has 1 aromatic rings. The van der Waals surface area contributed by atoms with Crippen LogP contribution >= 0.6 is 0 Å². The van der Waals surface area contributed by atoms with Crippen LogP contribution in [0.4, 0.5) is 0 Å². The molecule has 0 saturated heterocycles. The van der Waals surface area contributed by atoms with Gasteiger partial charge in [-0.05, 0) is 13.8 Å². The van der Waals surface area contributed by atoms with Crippen LogP contribution in [-0.2, 0) is 14.8 Å². The first kappa shape index (κ1) is 16.2. The summed E-state index contributed by atoms with van der Waals surface area (Å²) in [5.41, 5.74) is 0.263. The van der Waals surface area contributed by atoms with E-state index in [1.165, 1.54) is 20.8 Å². The van der Waals surface area contributed by atoms with Crippen LogP contribution in [0.3, 0.4) is 0 Å². The lowest BCUT2D eigenvalue weighted by atomic mass is 10.2. The molecule has 0 atom stereocenters. The number of carbonyl (C=O) groups excluding carboxylic acids is 1. The maximum Gasteiger partial charge on any atom is 0.352 e. The molecule has 0 aliphatic rings. The van der Waals surface area contributed by atoms with Gasteiger partial charge < -0.3 is 15.4 Å². The van der Waals surface area contributed by atoms with Crippen molar-refractivity contribution in [3.63, 3.8) is 0 Å². The minimum Gasteiger partial charge on any atom is -0.477 e. The molecule has 1 heterocycles. The Hall–Kier alpha value is -1.87. The zero-order valence-electron chi connectivity index (χ0n) is 11.4. The van der Waals surface area contributed by atoms with Crippen LogP contribution in [0.1, 0.15) is 28.7 Å². The van der Waals surface area contributed by atoms with Crippen molar-refractivity contribution in [1.82, 2.24) is 15.0 Å². The van der Waals surface area contributed by atoms with E-state index < -0.39 is 16.0 Å². The number of hydrogen-bond donors (Lipinski definition) is 4. The van der Waals surface area contributed by atoms with Gasteiger partial charge in [0.05, 0.1) is 0 Å². The molecule has 0 saturated carbocycles. The third-order valence-electron chi connectivity index (χ3n) is 2.64. The Bertz CT molecular complexity index is 633. The first-order chi connectivity index (χ1) is 9.16. The SMILES string of the molecule is CC(=O)NCCNS(=O)(=O)c1c(C)[nH]c(C(=O)O)c1C. The van der Waals surface area contributed by atoms with Crippen LogP contribution in [0, 0.1) is 13.8 Å². The van der Waals surface area contributed by atoms with E-state index in [0.717, 1.165) is 0 Å². The number of H-pyrrole nitrogens is 1. The molecular formula is C11H17N3O5S. The molecule has 0 aromatic carbocycles. The Kier molecular flexibility index (Phi) is 4.90. The first-order valence-corrected chi connectivity index (χ1v) is 7.31. The highest BCUT2D eigenvalue weighted by atomic mass is 32.2. The number of carboxylic acids is 1. The third kappa shape index (κ3) is 3.58. The Labute approximate surface area is 116 Å². The van der Waals surface area contributed by atoms with Crippen molar-refractivity contribution in [3.05, 3.63) is 17.0 Å². The normalized spacial score (nSPS) is 11.3. The molecule has 4 N–H and O–H groups in total. The van der Waals surface area contributed by atoms with Gasteiger partial charge in [-0.1, -0.05) is 0 Å². The van der Waals surface area contributed by atoms with E-state index in [2.05, 4.69) is 15.0 Å². The second-order valence-electron chi connectivity index (χ2n) is 4.27. The van der Waals surface area contributed by atoms with Crippen molar-refractivity contribution >= 4 is 21.9 Å². The standard InChI is InChI=1S/C11H17N3O5S/c1-6-9(11(16)17)14-7(2)10(6)20(18,19)13-5-4-12-8(3)15/h13-14H,4-5H2,1-3H3,(H,12,15)(H,16,17). The van der Waals surface area contributed by atoms with Gasteiger partial charge in [-0.25, -0.2) is 17.9 Å². The number of carbonyl (C=O) groups is 2. The summed E-state index contributed by atoms with van der Waals surface area (Å²) in [7, 11) is -3.83. The fourth-order valence-corrected chi connectivity index (χ4v) is 3.32. The van der Waals surface area contributed by atoms with E-state index in [-0.39, 0.29) is 40.8 Å². The van der Waals surface area contributed by atoms with E-state index in [4.69, 9.17) is 5.11 Å². The van der Waals surface area contributed by atoms with E-state index in [9.17, 15) is 18.0 Å². The Morgan fingerprint density at radius 1 is 1.25 bits per heavy atom. The molecule has 8 nitrogen and oxygen atoms in total. The van der Waals surface area contributed by atoms with Gasteiger partial charge in [-0.3, -0.25) is 4.79 Å². The second-order valence-corrected chi connectivity index (χ2v) is 5.97. The summed E-state index contributed by atoms with van der Waals surface area (Å²) in [6, 6.07) is 0. The molecule has 0 aliphatic heterocycles. The van der Waals surface area contributed by atoms with E-state index in [0.29, 0.717) is 0 Å². The smallest absolute Gasteiger partial charge is 0.352 e. The molecular weight excluding hydrogens is 286 g/mol. The second kappa shape index (κ2) is 6.06. The van der Waals surface area contributed by atoms with Crippen LogP contribution in [0.15, 0.2) is 4.90 Å². The third-order valence-corrected chi connectivity index (χ3v) is 4.38. The molecule has 0 unspecified atom stereocenters. The van der Waals surface area contributed by atoms with Crippen LogP contribution in [0.25, 0.3) is 0 Å². The molecule has 0 radical (unpaired) electrons. The van der Waals surface area contributed by atoms with Crippen molar-refractivity contribution < 1.29 is 23.1 Å². The summed E-state index contributed by atoms with van der Waals surface area (Å²) >= 11 is 0. The average molecular weight is 303 g/mol. The molecule has 1 aromatic heterocycles. The van der Waals surface area contributed by atoms with Crippen molar-refractivity contribution in [2.45, 2.75) is 25.7 Å². The van der Waals surface area contributed by atoms with Crippen LogP contribution in [-0.4, -0.2) is 43.5 Å². The molecule has 9 heteroatoms. The number of amides is 1. The topological polar surface area (TPSA) is 128 Å². The van der Waals surface area contributed by atoms with Gasteiger partial charge in [0, 0.05) is 31.3 Å². The summed E-state index contributed by atoms with van der Waals surface area (Å²) in [6.07, 6.45) is 0. The van der Waals surface area contributed by atoms with Crippen LogP contribution < -0.4 is 10.0 Å². The van der Waals surface area contributed by atoms with Crippen molar-refractivity contribution in [1.29, 1.82) is 0 Å². The lowest BCUT2D eigenvalue weighted by Crippen LogP contribution is -2.34. The van der Waals surface area contributed by atoms with Gasteiger partial charge in [0.2, 0.25) is 15.9 Å². The number of rotatable bonds is 6. The maximum absolute atomic E-state index is 12.1. The molecule has 20 heavy (non-hydrogen) atoms. The maximum atomic E-state index is 12.1. The van der Waals surface area contributed by atoms with E-state index >= 15 is 0 Å². The summed E-state index contributed by atoms with van der Waals surface area (Å²) < 4.78 is 26.5. The van der Waals surface area contributed by atoms with Gasteiger partial charge in [-0.2, -0.15) is 0 Å². The Morgan fingerprint density at radius 2 is 1.85 bits per heavy atom. The first-order valence-electron chi connectivity index (χ1n) is 5.83. The molecule has 1 rings (SSSR count). The molecule has 0 fully saturated rings. The monoisotopic (exact) mass is 303 g/mol.